The summed E-state index contributed by atoms with van der Waals surface area (Å²) in [4.78, 5) is 38.4. The Kier molecular flexibility index (Phi) is 5.50. The van der Waals surface area contributed by atoms with Crippen LogP contribution in [-0.4, -0.2) is 34.2 Å². The minimum atomic E-state index is -1.05. The van der Waals surface area contributed by atoms with Gasteiger partial charge < -0.3 is 10.2 Å². The number of nitrogens with one attached hydrogen (secondary N) is 1. The fourth-order valence-corrected chi connectivity index (χ4v) is 3.66. The lowest BCUT2D eigenvalue weighted by atomic mass is 9.84. The lowest BCUT2D eigenvalue weighted by Crippen LogP contribution is -2.65. The standard InChI is InChI=1S/C22H23N3O4/c1-4-22(14-16-10-6-5-7-11-16)21(27)24(3)19(20(26)23-22)13-17-15(2)9-8-12-18(17)25(28)29/h5-13H,4,14H2,1-3H3,(H,23,26). The number of amides is 2. The molecule has 1 heterocycles. The monoisotopic (exact) mass is 393 g/mol. The predicted octanol–water partition coefficient (Wildman–Crippen LogP) is 3.22. The molecule has 2 aromatic rings. The molecule has 150 valence electrons. The van der Waals surface area contributed by atoms with E-state index in [4.69, 9.17) is 0 Å². The number of hydrogen-bond donors (Lipinski definition) is 1. The van der Waals surface area contributed by atoms with E-state index in [2.05, 4.69) is 5.32 Å². The number of piperazine rings is 1. The molecule has 29 heavy (non-hydrogen) atoms. The van der Waals surface area contributed by atoms with Crippen molar-refractivity contribution >= 4 is 23.6 Å². The first-order valence-electron chi connectivity index (χ1n) is 9.39. The first kappa shape index (κ1) is 20.3. The van der Waals surface area contributed by atoms with Gasteiger partial charge in [-0.1, -0.05) is 49.4 Å². The van der Waals surface area contributed by atoms with Crippen LogP contribution in [0.1, 0.15) is 30.0 Å². The van der Waals surface area contributed by atoms with Crippen LogP contribution in [0.4, 0.5) is 5.69 Å². The van der Waals surface area contributed by atoms with E-state index in [0.717, 1.165) is 5.56 Å². The van der Waals surface area contributed by atoms with Crippen LogP contribution >= 0.6 is 0 Å². The van der Waals surface area contributed by atoms with E-state index in [1.807, 2.05) is 37.3 Å². The Hall–Kier alpha value is -3.48. The third kappa shape index (κ3) is 3.76. The summed E-state index contributed by atoms with van der Waals surface area (Å²) in [5.74, 6) is -0.673. The molecule has 0 aliphatic carbocycles. The smallest absolute Gasteiger partial charge is 0.276 e. The zero-order valence-electron chi connectivity index (χ0n) is 16.6. The van der Waals surface area contributed by atoms with Crippen molar-refractivity contribution < 1.29 is 14.5 Å². The number of carbonyl (C=O) groups is 2. The molecule has 7 heteroatoms. The first-order chi connectivity index (χ1) is 13.8. The molecule has 0 aromatic heterocycles. The third-order valence-corrected chi connectivity index (χ3v) is 5.39. The highest BCUT2D eigenvalue weighted by Crippen LogP contribution is 2.30. The Morgan fingerprint density at radius 1 is 1.14 bits per heavy atom. The quantitative estimate of drug-likeness (QED) is 0.480. The molecule has 1 aliphatic heterocycles. The van der Waals surface area contributed by atoms with Crippen molar-refractivity contribution in [2.24, 2.45) is 0 Å². The van der Waals surface area contributed by atoms with Gasteiger partial charge in [0.1, 0.15) is 11.2 Å². The lowest BCUT2D eigenvalue weighted by Gasteiger charge is -2.41. The predicted molar refractivity (Wildman–Crippen MR) is 110 cm³/mol. The van der Waals surface area contributed by atoms with Crippen LogP contribution in [0.15, 0.2) is 54.2 Å². The average molecular weight is 393 g/mol. The maximum Gasteiger partial charge on any atom is 0.276 e. The normalized spacial score (nSPS) is 20.7. The second-order valence-corrected chi connectivity index (χ2v) is 7.21. The highest BCUT2D eigenvalue weighted by Gasteiger charge is 2.46. The van der Waals surface area contributed by atoms with Gasteiger partial charge in [0.25, 0.3) is 17.5 Å². The molecule has 1 atom stereocenters. The Labute approximate surface area is 169 Å². The number of nitro benzene ring substituents is 1. The van der Waals surface area contributed by atoms with Crippen molar-refractivity contribution in [3.8, 4) is 0 Å². The molecular formula is C22H23N3O4. The summed E-state index contributed by atoms with van der Waals surface area (Å²) in [7, 11) is 1.53. The van der Waals surface area contributed by atoms with Crippen molar-refractivity contribution in [1.82, 2.24) is 10.2 Å². The van der Waals surface area contributed by atoms with Gasteiger partial charge in [-0.15, -0.1) is 0 Å². The van der Waals surface area contributed by atoms with E-state index in [-0.39, 0.29) is 17.3 Å². The second kappa shape index (κ2) is 7.87. The van der Waals surface area contributed by atoms with E-state index in [0.29, 0.717) is 24.0 Å². The molecule has 3 rings (SSSR count). The van der Waals surface area contributed by atoms with E-state index < -0.39 is 16.4 Å². The van der Waals surface area contributed by atoms with Crippen LogP contribution in [0.2, 0.25) is 0 Å². The summed E-state index contributed by atoms with van der Waals surface area (Å²) < 4.78 is 0. The van der Waals surface area contributed by atoms with Gasteiger partial charge in [0.2, 0.25) is 0 Å². The molecule has 1 aliphatic rings. The molecular weight excluding hydrogens is 370 g/mol. The Balaban J connectivity index is 2.01. The zero-order chi connectivity index (χ0) is 21.2. The summed E-state index contributed by atoms with van der Waals surface area (Å²) in [5.41, 5.74) is 0.833. The number of hydrogen-bond acceptors (Lipinski definition) is 4. The molecule has 1 saturated heterocycles. The maximum atomic E-state index is 13.3. The van der Waals surface area contributed by atoms with E-state index in [9.17, 15) is 19.7 Å². The third-order valence-electron chi connectivity index (χ3n) is 5.39. The van der Waals surface area contributed by atoms with Crippen molar-refractivity contribution in [2.45, 2.75) is 32.2 Å². The van der Waals surface area contributed by atoms with Gasteiger partial charge in [0, 0.05) is 19.5 Å². The number of nitrogens with zero attached hydrogens (tertiary/aromatic N) is 2. The average Bonchev–Trinajstić information content (AvgIpc) is 2.70. The summed E-state index contributed by atoms with van der Waals surface area (Å²) in [5, 5.41) is 14.3. The Bertz CT molecular complexity index is 1000. The molecule has 0 radical (unpaired) electrons. The van der Waals surface area contributed by atoms with Gasteiger partial charge in [-0.2, -0.15) is 0 Å². The zero-order valence-corrected chi connectivity index (χ0v) is 16.6. The minimum absolute atomic E-state index is 0.0875. The van der Waals surface area contributed by atoms with Crippen LogP contribution in [0.25, 0.3) is 6.08 Å². The SMILES string of the molecule is CCC1(Cc2ccccc2)NC(=O)C(=Cc2c(C)cccc2[N+](=O)[O-])N(C)C1=O. The molecule has 0 saturated carbocycles. The van der Waals surface area contributed by atoms with E-state index in [1.165, 1.54) is 24.1 Å². The topological polar surface area (TPSA) is 92.5 Å². The number of nitro groups is 1. The summed E-state index contributed by atoms with van der Waals surface area (Å²) in [6.07, 6.45) is 2.22. The van der Waals surface area contributed by atoms with Crippen LogP contribution < -0.4 is 5.32 Å². The Morgan fingerprint density at radius 3 is 2.45 bits per heavy atom. The second-order valence-electron chi connectivity index (χ2n) is 7.21. The largest absolute Gasteiger partial charge is 0.336 e. The number of aryl methyl sites for hydroxylation is 1. The highest BCUT2D eigenvalue weighted by molar-refractivity contribution is 6.09. The molecule has 2 amide bonds. The number of likely N-dealkylation sites (N-methyl/N-ethyl adjacent to an activating group) is 1. The molecule has 2 aromatic carbocycles. The van der Waals surface area contributed by atoms with Crippen molar-refractivity contribution in [3.63, 3.8) is 0 Å². The van der Waals surface area contributed by atoms with E-state index >= 15 is 0 Å². The summed E-state index contributed by atoms with van der Waals surface area (Å²) >= 11 is 0. The van der Waals surface area contributed by atoms with Gasteiger partial charge in [-0.3, -0.25) is 19.7 Å². The minimum Gasteiger partial charge on any atom is -0.336 e. The lowest BCUT2D eigenvalue weighted by molar-refractivity contribution is -0.385. The molecule has 7 nitrogen and oxygen atoms in total. The number of benzene rings is 2. The van der Waals surface area contributed by atoms with Crippen LogP contribution in [0.3, 0.4) is 0 Å². The Morgan fingerprint density at radius 2 is 1.83 bits per heavy atom. The van der Waals surface area contributed by atoms with Gasteiger partial charge in [-0.25, -0.2) is 0 Å². The fourth-order valence-electron chi connectivity index (χ4n) is 3.66. The summed E-state index contributed by atoms with van der Waals surface area (Å²) in [6.45, 7) is 3.59. The molecule has 0 spiro atoms. The van der Waals surface area contributed by atoms with Gasteiger partial charge in [0.05, 0.1) is 10.5 Å². The fraction of sp³-hybridized carbons (Fsp3) is 0.273. The molecule has 0 bridgehead atoms. The van der Waals surface area contributed by atoms with Crippen LogP contribution in [-0.2, 0) is 16.0 Å². The molecule has 1 fully saturated rings. The van der Waals surface area contributed by atoms with Crippen LogP contribution in [0.5, 0.6) is 0 Å². The van der Waals surface area contributed by atoms with Gasteiger partial charge in [-0.05, 0) is 30.5 Å². The first-order valence-corrected chi connectivity index (χ1v) is 9.39. The number of rotatable bonds is 5. The van der Waals surface area contributed by atoms with Gasteiger partial charge >= 0.3 is 0 Å². The van der Waals surface area contributed by atoms with Crippen molar-refractivity contribution in [2.75, 3.05) is 7.05 Å². The van der Waals surface area contributed by atoms with Crippen molar-refractivity contribution in [1.29, 1.82) is 0 Å². The van der Waals surface area contributed by atoms with Gasteiger partial charge in [0.15, 0.2) is 0 Å². The highest BCUT2D eigenvalue weighted by atomic mass is 16.6. The van der Waals surface area contributed by atoms with Crippen LogP contribution in [0, 0.1) is 17.0 Å². The molecule has 1 N–H and O–H groups in total. The van der Waals surface area contributed by atoms with Crippen molar-refractivity contribution in [3.05, 3.63) is 81.0 Å². The van der Waals surface area contributed by atoms with E-state index in [1.54, 1.807) is 19.1 Å². The summed E-state index contributed by atoms with van der Waals surface area (Å²) in [6, 6.07) is 14.2. The maximum absolute atomic E-state index is 13.3. The number of carbonyl (C=O) groups excluding carboxylic acids is 2. The molecule has 1 unspecified atom stereocenters.